The quantitative estimate of drug-likeness (QED) is 0.116. The fourth-order valence-electron chi connectivity index (χ4n) is 9.42. The summed E-state index contributed by atoms with van der Waals surface area (Å²) in [5, 5.41) is 0. The molecule has 7 heteroatoms. The van der Waals surface area contributed by atoms with Gasteiger partial charge in [-0.25, -0.2) is 9.98 Å². The summed E-state index contributed by atoms with van der Waals surface area (Å²) < 4.78 is 6.29. The molecule has 0 spiro atoms. The highest BCUT2D eigenvalue weighted by Crippen LogP contribution is 2.54. The maximum Gasteiger partial charge on any atom is 0.141 e. The van der Waals surface area contributed by atoms with Gasteiger partial charge in [0.15, 0.2) is 0 Å². The molecule has 0 bridgehead atoms. The van der Waals surface area contributed by atoms with Gasteiger partial charge >= 0.3 is 0 Å². The maximum absolute atomic E-state index is 5.66. The zero-order chi connectivity index (χ0) is 35.2. The summed E-state index contributed by atoms with van der Waals surface area (Å²) in [7, 11) is 0. The fraction of sp³-hybridized carbons (Fsp3) is 0.422. The molecule has 4 aliphatic rings. The number of aromatic nitrogens is 2. The lowest BCUT2D eigenvalue weighted by Gasteiger charge is -2.32. The maximum atomic E-state index is 5.66. The first-order chi connectivity index (χ1) is 25.6. The Morgan fingerprint density at radius 3 is 2.12 bits per heavy atom. The molecular formula is C45H52N6S. The van der Waals surface area contributed by atoms with Crippen molar-refractivity contribution in [3.05, 3.63) is 77.4 Å². The second-order valence-electron chi connectivity index (χ2n) is 15.4. The second kappa shape index (κ2) is 14.3. The average Bonchev–Trinajstić information content (AvgIpc) is 3.55. The number of rotatable bonds is 10. The van der Waals surface area contributed by atoms with Crippen molar-refractivity contribution in [3.63, 3.8) is 0 Å². The molecule has 0 radical (unpaired) electrons. The lowest BCUT2D eigenvalue weighted by molar-refractivity contribution is 0.598. The Bertz CT molecular complexity index is 2160. The first kappa shape index (κ1) is 33.6. The van der Waals surface area contributed by atoms with Crippen molar-refractivity contribution in [2.75, 3.05) is 40.7 Å². The van der Waals surface area contributed by atoms with E-state index in [0.717, 1.165) is 68.3 Å². The van der Waals surface area contributed by atoms with Gasteiger partial charge in [0, 0.05) is 60.8 Å². The number of unbranched alkanes of at least 4 members (excludes halogenated alkanes) is 4. The normalized spacial score (nSPS) is 17.3. The molecule has 52 heavy (non-hydrogen) atoms. The van der Waals surface area contributed by atoms with Crippen LogP contribution in [0.15, 0.2) is 65.7 Å². The van der Waals surface area contributed by atoms with Crippen molar-refractivity contribution in [2.24, 2.45) is 4.99 Å². The predicted molar refractivity (Wildman–Crippen MR) is 224 cm³/mol. The zero-order valence-electron chi connectivity index (χ0n) is 31.2. The van der Waals surface area contributed by atoms with Gasteiger partial charge in [-0.3, -0.25) is 0 Å². The predicted octanol–water partition coefficient (Wildman–Crippen LogP) is 11.8. The van der Waals surface area contributed by atoms with Crippen LogP contribution in [0.1, 0.15) is 94.7 Å². The SMILES string of the molecule is CCCCCN1CCCc2cc(-c3c4c(c(-c5ccc6c(c5)CCCN6CCCCC)c5c3nc3n5CC(C)c5ccccc5-3)N=CSN4)ccc21. The van der Waals surface area contributed by atoms with Crippen LogP contribution < -0.4 is 14.5 Å². The summed E-state index contributed by atoms with van der Waals surface area (Å²) in [6.45, 7) is 12.4. The highest BCUT2D eigenvalue weighted by atomic mass is 32.2. The van der Waals surface area contributed by atoms with E-state index in [4.69, 9.17) is 9.98 Å². The van der Waals surface area contributed by atoms with E-state index in [-0.39, 0.29) is 0 Å². The monoisotopic (exact) mass is 708 g/mol. The molecule has 1 atom stereocenters. The Kier molecular flexibility index (Phi) is 9.24. The standard InChI is InChI=1S/C45H52N6S/c1-4-6-10-22-49-24-12-14-31-26-33(18-20-37(31)49)39-42-41(46-29-52-48-42)40(34-19-21-38-32(27-34)15-13-25-50(38)23-11-7-5-2)44-43(39)47-45-36-17-9-8-16-35(36)30(3)28-51(44)45/h8-9,16-21,26-27,29-30,48H,4-7,10-15,22-25,28H2,1-3H3. The Morgan fingerprint density at radius 2 is 1.44 bits per heavy atom. The summed E-state index contributed by atoms with van der Waals surface area (Å²) in [6.07, 6.45) is 12.2. The zero-order valence-corrected chi connectivity index (χ0v) is 32.0. The van der Waals surface area contributed by atoms with E-state index >= 15 is 0 Å². The Hall–Kier alpha value is -4.23. The molecule has 0 aliphatic carbocycles. The number of nitrogens with one attached hydrogen (secondary N) is 1. The van der Waals surface area contributed by atoms with Crippen molar-refractivity contribution in [1.29, 1.82) is 0 Å². The minimum Gasteiger partial charge on any atom is -0.371 e. The molecule has 5 aromatic rings. The molecule has 9 rings (SSSR count). The van der Waals surface area contributed by atoms with Crippen LogP contribution in [-0.4, -0.2) is 41.3 Å². The van der Waals surface area contributed by atoms with Gasteiger partial charge in [-0.05, 0) is 108 Å². The molecule has 268 valence electrons. The molecule has 0 amide bonds. The number of benzene rings is 4. The summed E-state index contributed by atoms with van der Waals surface area (Å²) in [5.74, 6) is 1.46. The summed E-state index contributed by atoms with van der Waals surface area (Å²) in [6, 6.07) is 23.4. The average molecular weight is 709 g/mol. The minimum atomic E-state index is 0.383. The molecule has 4 aliphatic heterocycles. The highest BCUT2D eigenvalue weighted by Gasteiger charge is 2.33. The lowest BCUT2D eigenvalue weighted by atomic mass is 9.89. The van der Waals surface area contributed by atoms with E-state index < -0.39 is 0 Å². The number of aryl methyl sites for hydroxylation is 2. The molecule has 1 unspecified atom stereocenters. The fourth-order valence-corrected chi connectivity index (χ4v) is 9.95. The molecule has 1 N–H and O–H groups in total. The van der Waals surface area contributed by atoms with Crippen LogP contribution in [0.5, 0.6) is 0 Å². The smallest absolute Gasteiger partial charge is 0.141 e. The van der Waals surface area contributed by atoms with Crippen molar-refractivity contribution in [2.45, 2.75) is 97.4 Å². The van der Waals surface area contributed by atoms with Gasteiger partial charge in [-0.2, -0.15) is 0 Å². The minimum absolute atomic E-state index is 0.383. The van der Waals surface area contributed by atoms with E-state index in [1.807, 2.05) is 5.55 Å². The van der Waals surface area contributed by atoms with Gasteiger partial charge in [0.1, 0.15) is 5.82 Å². The van der Waals surface area contributed by atoms with Crippen molar-refractivity contribution >= 4 is 51.3 Å². The van der Waals surface area contributed by atoms with Gasteiger partial charge in [0.25, 0.3) is 0 Å². The van der Waals surface area contributed by atoms with Gasteiger partial charge in [-0.1, -0.05) is 82.9 Å². The number of imidazole rings is 1. The van der Waals surface area contributed by atoms with Crippen LogP contribution >= 0.6 is 11.9 Å². The van der Waals surface area contributed by atoms with Gasteiger partial charge in [0.2, 0.25) is 0 Å². The van der Waals surface area contributed by atoms with Crippen LogP contribution in [-0.2, 0) is 19.4 Å². The van der Waals surface area contributed by atoms with E-state index in [2.05, 4.69) is 101 Å². The van der Waals surface area contributed by atoms with E-state index in [1.165, 1.54) is 113 Å². The first-order valence-electron chi connectivity index (χ1n) is 20.0. The Morgan fingerprint density at radius 1 is 0.788 bits per heavy atom. The summed E-state index contributed by atoms with van der Waals surface area (Å²) in [4.78, 5) is 16.1. The largest absolute Gasteiger partial charge is 0.371 e. The summed E-state index contributed by atoms with van der Waals surface area (Å²) in [5.41, 5.74) is 19.6. The third-order valence-electron chi connectivity index (χ3n) is 12.0. The van der Waals surface area contributed by atoms with Crippen LogP contribution in [0.3, 0.4) is 0 Å². The van der Waals surface area contributed by atoms with E-state index in [1.54, 1.807) is 11.9 Å². The Balaban J connectivity index is 1.26. The van der Waals surface area contributed by atoms with Crippen LogP contribution in [0.4, 0.5) is 22.7 Å². The number of fused-ring (bicyclic) bond motifs is 8. The first-order valence-corrected chi connectivity index (χ1v) is 20.9. The van der Waals surface area contributed by atoms with E-state index in [9.17, 15) is 0 Å². The van der Waals surface area contributed by atoms with Crippen LogP contribution in [0, 0.1) is 0 Å². The summed E-state index contributed by atoms with van der Waals surface area (Å²) >= 11 is 1.56. The third kappa shape index (κ3) is 5.80. The van der Waals surface area contributed by atoms with Crippen LogP contribution in [0.2, 0.25) is 0 Å². The second-order valence-corrected chi connectivity index (χ2v) is 16.1. The highest BCUT2D eigenvalue weighted by molar-refractivity contribution is 8.13. The molecule has 0 saturated carbocycles. The molecule has 0 fully saturated rings. The number of aliphatic imine (C=N–C) groups is 1. The third-order valence-corrected chi connectivity index (χ3v) is 12.5. The molecule has 6 nitrogen and oxygen atoms in total. The number of anilines is 3. The van der Waals surface area contributed by atoms with E-state index in [0.29, 0.717) is 5.92 Å². The molecule has 5 heterocycles. The number of nitrogens with zero attached hydrogens (tertiary/aromatic N) is 5. The van der Waals surface area contributed by atoms with Crippen molar-refractivity contribution in [3.8, 4) is 33.6 Å². The molecule has 0 saturated heterocycles. The molecule has 4 aromatic carbocycles. The topological polar surface area (TPSA) is 48.7 Å². The van der Waals surface area contributed by atoms with Gasteiger partial charge in [0.05, 0.1) is 28.0 Å². The molecular weight excluding hydrogens is 657 g/mol. The van der Waals surface area contributed by atoms with Gasteiger partial charge in [-0.15, -0.1) is 0 Å². The number of hydrogen-bond donors (Lipinski definition) is 1. The number of hydrogen-bond acceptors (Lipinski definition) is 6. The lowest BCUT2D eigenvalue weighted by Crippen LogP contribution is -2.30. The van der Waals surface area contributed by atoms with Crippen LogP contribution in [0.25, 0.3) is 44.7 Å². The van der Waals surface area contributed by atoms with Crippen molar-refractivity contribution < 1.29 is 0 Å². The Labute approximate surface area is 313 Å². The van der Waals surface area contributed by atoms with Gasteiger partial charge < -0.3 is 19.1 Å². The van der Waals surface area contributed by atoms with Crippen molar-refractivity contribution in [1.82, 2.24) is 9.55 Å². The molecule has 1 aromatic heterocycles.